The number of anilines is 1. The lowest BCUT2D eigenvalue weighted by atomic mass is 10.1. The summed E-state index contributed by atoms with van der Waals surface area (Å²) in [7, 11) is 0. The Balaban J connectivity index is 2.94. The van der Waals surface area contributed by atoms with Gasteiger partial charge in [0, 0.05) is 11.3 Å². The fraction of sp³-hybridized carbons (Fsp3) is 0.273. The molecule has 0 aromatic heterocycles. The van der Waals surface area contributed by atoms with E-state index in [2.05, 4.69) is 5.32 Å². The number of Topliss-reactive ketones (excluding diaryl/α,β-unsaturated/α-hetero) is 1. The van der Waals surface area contributed by atoms with Gasteiger partial charge < -0.3 is 10.4 Å². The zero-order valence-electron chi connectivity index (χ0n) is 8.65. The van der Waals surface area contributed by atoms with E-state index in [1.54, 1.807) is 24.3 Å². The zero-order valence-corrected chi connectivity index (χ0v) is 8.65. The van der Waals surface area contributed by atoms with Crippen LogP contribution in [0.25, 0.3) is 0 Å². The number of rotatable bonds is 4. The first-order valence-corrected chi connectivity index (χ1v) is 4.61. The molecular formula is C11H13NO3. The fourth-order valence-electron chi connectivity index (χ4n) is 1.21. The summed E-state index contributed by atoms with van der Waals surface area (Å²) in [5.41, 5.74) is 1.06. The fourth-order valence-corrected chi connectivity index (χ4v) is 1.21. The molecule has 4 nitrogen and oxygen atoms in total. The first kappa shape index (κ1) is 11.2. The van der Waals surface area contributed by atoms with Gasteiger partial charge in [0.2, 0.25) is 0 Å². The third-order valence-corrected chi connectivity index (χ3v) is 2.05. The van der Waals surface area contributed by atoms with E-state index in [4.69, 9.17) is 5.11 Å². The van der Waals surface area contributed by atoms with E-state index in [9.17, 15) is 9.59 Å². The van der Waals surface area contributed by atoms with Gasteiger partial charge in [-0.3, -0.25) is 9.59 Å². The van der Waals surface area contributed by atoms with E-state index in [0.29, 0.717) is 11.3 Å². The van der Waals surface area contributed by atoms with Gasteiger partial charge in [-0.15, -0.1) is 0 Å². The molecule has 15 heavy (non-hydrogen) atoms. The molecule has 0 unspecified atom stereocenters. The largest absolute Gasteiger partial charge is 0.480 e. The van der Waals surface area contributed by atoms with Crippen molar-refractivity contribution in [2.45, 2.75) is 19.9 Å². The van der Waals surface area contributed by atoms with E-state index in [1.165, 1.54) is 13.8 Å². The highest BCUT2D eigenvalue weighted by Crippen LogP contribution is 2.16. The number of carbonyl (C=O) groups is 2. The number of carboxylic acid groups (broad SMARTS) is 1. The van der Waals surface area contributed by atoms with Crippen molar-refractivity contribution < 1.29 is 14.7 Å². The van der Waals surface area contributed by atoms with Gasteiger partial charge in [-0.25, -0.2) is 0 Å². The molecule has 0 aliphatic heterocycles. The van der Waals surface area contributed by atoms with Crippen LogP contribution in [0.3, 0.4) is 0 Å². The topological polar surface area (TPSA) is 66.4 Å². The molecule has 0 bridgehead atoms. The smallest absolute Gasteiger partial charge is 0.325 e. The predicted octanol–water partition coefficient (Wildman–Crippen LogP) is 1.77. The van der Waals surface area contributed by atoms with Gasteiger partial charge >= 0.3 is 5.97 Å². The van der Waals surface area contributed by atoms with Crippen LogP contribution in [0.4, 0.5) is 5.69 Å². The Labute approximate surface area is 87.9 Å². The number of nitrogens with one attached hydrogen (secondary N) is 1. The number of carboxylic acids is 1. The summed E-state index contributed by atoms with van der Waals surface area (Å²) in [4.78, 5) is 21.9. The van der Waals surface area contributed by atoms with Gasteiger partial charge in [0.15, 0.2) is 5.78 Å². The minimum absolute atomic E-state index is 0.0873. The lowest BCUT2D eigenvalue weighted by Crippen LogP contribution is -2.26. The molecule has 0 radical (unpaired) electrons. The lowest BCUT2D eigenvalue weighted by Gasteiger charge is -2.13. The van der Waals surface area contributed by atoms with E-state index in [-0.39, 0.29) is 5.78 Å². The molecule has 1 atom stereocenters. The van der Waals surface area contributed by atoms with Crippen LogP contribution in [0, 0.1) is 0 Å². The molecule has 1 rings (SSSR count). The number of hydrogen-bond donors (Lipinski definition) is 2. The van der Waals surface area contributed by atoms with Crippen molar-refractivity contribution in [1.82, 2.24) is 0 Å². The lowest BCUT2D eigenvalue weighted by molar-refractivity contribution is -0.137. The normalized spacial score (nSPS) is 11.9. The second kappa shape index (κ2) is 4.59. The molecular weight excluding hydrogens is 194 g/mol. The van der Waals surface area contributed by atoms with Crippen molar-refractivity contribution in [3.63, 3.8) is 0 Å². The minimum Gasteiger partial charge on any atom is -0.480 e. The van der Waals surface area contributed by atoms with E-state index < -0.39 is 12.0 Å². The third-order valence-electron chi connectivity index (χ3n) is 2.05. The summed E-state index contributed by atoms with van der Waals surface area (Å²) in [5, 5.41) is 11.5. The molecule has 1 aromatic rings. The van der Waals surface area contributed by atoms with Gasteiger partial charge in [-0.2, -0.15) is 0 Å². The van der Waals surface area contributed by atoms with Crippen LogP contribution in [0.1, 0.15) is 24.2 Å². The molecule has 0 spiro atoms. The van der Waals surface area contributed by atoms with Crippen molar-refractivity contribution >= 4 is 17.4 Å². The Bertz CT molecular complexity index is 387. The van der Waals surface area contributed by atoms with Crippen LogP contribution < -0.4 is 5.32 Å². The molecule has 0 fully saturated rings. The quantitative estimate of drug-likeness (QED) is 0.738. The number of aliphatic carboxylic acids is 1. The second-order valence-electron chi connectivity index (χ2n) is 3.31. The average Bonchev–Trinajstić information content (AvgIpc) is 2.18. The molecule has 0 saturated carbocycles. The highest BCUT2D eigenvalue weighted by Gasteiger charge is 2.13. The van der Waals surface area contributed by atoms with Crippen molar-refractivity contribution in [2.75, 3.05) is 5.32 Å². The van der Waals surface area contributed by atoms with E-state index in [1.807, 2.05) is 0 Å². The van der Waals surface area contributed by atoms with Gasteiger partial charge in [-0.1, -0.05) is 12.1 Å². The highest BCUT2D eigenvalue weighted by molar-refractivity contribution is 6.00. The summed E-state index contributed by atoms with van der Waals surface area (Å²) in [5.74, 6) is -1.04. The van der Waals surface area contributed by atoms with Crippen LogP contribution in [-0.4, -0.2) is 22.9 Å². The molecule has 0 amide bonds. The minimum atomic E-state index is -0.951. The molecule has 0 saturated heterocycles. The molecule has 2 N–H and O–H groups in total. The Morgan fingerprint density at radius 3 is 2.47 bits per heavy atom. The maximum absolute atomic E-state index is 11.2. The number of para-hydroxylation sites is 1. The number of ketones is 1. The zero-order chi connectivity index (χ0) is 11.4. The van der Waals surface area contributed by atoms with E-state index >= 15 is 0 Å². The van der Waals surface area contributed by atoms with Crippen molar-refractivity contribution in [3.05, 3.63) is 29.8 Å². The molecule has 4 heteroatoms. The van der Waals surface area contributed by atoms with Crippen molar-refractivity contribution in [2.24, 2.45) is 0 Å². The molecule has 0 aliphatic rings. The molecule has 0 heterocycles. The Morgan fingerprint density at radius 2 is 1.93 bits per heavy atom. The second-order valence-corrected chi connectivity index (χ2v) is 3.31. The summed E-state index contributed by atoms with van der Waals surface area (Å²) in [6, 6.07) is 6.14. The van der Waals surface area contributed by atoms with Gasteiger partial charge in [-0.05, 0) is 26.0 Å². The molecule has 1 aromatic carbocycles. The Kier molecular flexibility index (Phi) is 3.44. The van der Waals surface area contributed by atoms with Crippen LogP contribution >= 0.6 is 0 Å². The molecule has 0 aliphatic carbocycles. The number of benzene rings is 1. The monoisotopic (exact) mass is 207 g/mol. The molecule has 80 valence electrons. The number of hydrogen-bond acceptors (Lipinski definition) is 3. The van der Waals surface area contributed by atoms with Gasteiger partial charge in [0.25, 0.3) is 0 Å². The first-order valence-electron chi connectivity index (χ1n) is 4.61. The Hall–Kier alpha value is -1.84. The predicted molar refractivity (Wildman–Crippen MR) is 57.2 cm³/mol. The third kappa shape index (κ3) is 2.80. The standard InChI is InChI=1S/C11H13NO3/c1-7(11(14)15)12-10-6-4-3-5-9(10)8(2)13/h3-7,12H,1-2H3,(H,14,15)/t7-/m0/s1. The SMILES string of the molecule is CC(=O)c1ccccc1N[C@@H](C)C(=O)O. The maximum Gasteiger partial charge on any atom is 0.325 e. The summed E-state index contributed by atoms with van der Waals surface area (Å²) < 4.78 is 0. The van der Waals surface area contributed by atoms with Crippen LogP contribution in [0.5, 0.6) is 0 Å². The van der Waals surface area contributed by atoms with Gasteiger partial charge in [0.1, 0.15) is 6.04 Å². The maximum atomic E-state index is 11.2. The van der Waals surface area contributed by atoms with Crippen LogP contribution in [-0.2, 0) is 4.79 Å². The summed E-state index contributed by atoms with van der Waals surface area (Å²) in [6.45, 7) is 2.98. The van der Waals surface area contributed by atoms with E-state index in [0.717, 1.165) is 0 Å². The summed E-state index contributed by atoms with van der Waals surface area (Å²) in [6.07, 6.45) is 0. The Morgan fingerprint density at radius 1 is 1.33 bits per heavy atom. The first-order chi connectivity index (χ1) is 7.02. The van der Waals surface area contributed by atoms with Crippen molar-refractivity contribution in [3.8, 4) is 0 Å². The average molecular weight is 207 g/mol. The number of carbonyl (C=O) groups excluding carboxylic acids is 1. The van der Waals surface area contributed by atoms with Crippen LogP contribution in [0.15, 0.2) is 24.3 Å². The van der Waals surface area contributed by atoms with Gasteiger partial charge in [0.05, 0.1) is 0 Å². The highest BCUT2D eigenvalue weighted by atomic mass is 16.4. The summed E-state index contributed by atoms with van der Waals surface area (Å²) >= 11 is 0. The van der Waals surface area contributed by atoms with Crippen LogP contribution in [0.2, 0.25) is 0 Å². The van der Waals surface area contributed by atoms with Crippen molar-refractivity contribution in [1.29, 1.82) is 0 Å².